The minimum absolute atomic E-state index is 0.0201. The first kappa shape index (κ1) is 17.6. The van der Waals surface area contributed by atoms with Gasteiger partial charge in [-0.15, -0.1) is 0 Å². The number of nitrogens with two attached hydrogens (primary N) is 2. The van der Waals surface area contributed by atoms with Crippen LogP contribution in [-0.4, -0.2) is 34.1 Å². The highest BCUT2D eigenvalue weighted by Gasteiger charge is 2.17. The van der Waals surface area contributed by atoms with Crippen LogP contribution in [0.25, 0.3) is 0 Å². The quantitative estimate of drug-likeness (QED) is 0.626. The van der Waals surface area contributed by atoms with Gasteiger partial charge in [-0.2, -0.15) is 0 Å². The van der Waals surface area contributed by atoms with Crippen LogP contribution in [0.3, 0.4) is 0 Å². The normalized spacial score (nSPS) is 13.0. The van der Waals surface area contributed by atoms with Crippen LogP contribution in [0.2, 0.25) is 0 Å². The first-order valence-electron chi connectivity index (χ1n) is 6.45. The lowest BCUT2D eigenvalue weighted by molar-refractivity contribution is -0.117. The zero-order valence-electron chi connectivity index (χ0n) is 12.1. The molecule has 1 amide bonds. The molecule has 0 aromatic heterocycles. The Morgan fingerprint density at radius 3 is 2.67 bits per heavy atom. The van der Waals surface area contributed by atoms with E-state index in [-0.39, 0.29) is 10.8 Å². The van der Waals surface area contributed by atoms with Gasteiger partial charge in [0, 0.05) is 19.4 Å². The fourth-order valence-electron chi connectivity index (χ4n) is 1.86. The molecular formula is C13H21N3O4S. The Morgan fingerprint density at radius 1 is 1.43 bits per heavy atom. The third kappa shape index (κ3) is 5.09. The highest BCUT2D eigenvalue weighted by Crippen LogP contribution is 2.22. The molecule has 0 aliphatic carbocycles. The zero-order valence-corrected chi connectivity index (χ0v) is 12.9. The molecule has 21 heavy (non-hydrogen) atoms. The van der Waals surface area contributed by atoms with E-state index in [0.29, 0.717) is 30.7 Å². The number of carbonyl (C=O) groups is 1. The lowest BCUT2D eigenvalue weighted by Crippen LogP contribution is -2.36. The Balaban J connectivity index is 2.82. The van der Waals surface area contributed by atoms with Crippen molar-refractivity contribution >= 4 is 21.6 Å². The summed E-state index contributed by atoms with van der Waals surface area (Å²) >= 11 is 0. The largest absolute Gasteiger partial charge is 0.385 e. The standard InChI is InChI=1S/C13H21N3O4S/c1-9-11(6-3-7-12(9)21(15,18)19)16-13(17)10(14)5-4-8-20-2/h3,6-7,10H,4-5,8,14H2,1-2H3,(H,16,17)(H2,15,18,19). The van der Waals surface area contributed by atoms with Crippen LogP contribution in [-0.2, 0) is 19.6 Å². The second-order valence-corrected chi connectivity index (χ2v) is 6.23. The fraction of sp³-hybridized carbons (Fsp3) is 0.462. The summed E-state index contributed by atoms with van der Waals surface area (Å²) in [6.07, 6.45) is 1.15. The van der Waals surface area contributed by atoms with Crippen molar-refractivity contribution in [1.82, 2.24) is 0 Å². The average Bonchev–Trinajstić information content (AvgIpc) is 2.39. The SMILES string of the molecule is COCCCC(N)C(=O)Nc1cccc(S(N)(=O)=O)c1C. The van der Waals surface area contributed by atoms with Gasteiger partial charge >= 0.3 is 0 Å². The number of nitrogens with one attached hydrogen (secondary N) is 1. The van der Waals surface area contributed by atoms with E-state index in [2.05, 4.69) is 5.32 Å². The maximum atomic E-state index is 12.0. The van der Waals surface area contributed by atoms with Crippen LogP contribution in [0.1, 0.15) is 18.4 Å². The van der Waals surface area contributed by atoms with Crippen molar-refractivity contribution in [3.05, 3.63) is 23.8 Å². The summed E-state index contributed by atoms with van der Waals surface area (Å²) in [5, 5.41) is 7.74. The molecule has 5 N–H and O–H groups in total. The Kier molecular flexibility index (Phi) is 6.28. The van der Waals surface area contributed by atoms with E-state index in [1.807, 2.05) is 0 Å². The minimum Gasteiger partial charge on any atom is -0.385 e. The van der Waals surface area contributed by atoms with Crippen molar-refractivity contribution in [2.45, 2.75) is 30.7 Å². The molecule has 7 nitrogen and oxygen atoms in total. The molecule has 1 aromatic carbocycles. The molecule has 118 valence electrons. The molecule has 0 saturated heterocycles. The van der Waals surface area contributed by atoms with Gasteiger partial charge in [-0.1, -0.05) is 6.07 Å². The topological polar surface area (TPSA) is 125 Å². The average molecular weight is 315 g/mol. The molecule has 0 spiro atoms. The van der Waals surface area contributed by atoms with E-state index in [0.717, 1.165) is 0 Å². The molecule has 0 saturated carbocycles. The van der Waals surface area contributed by atoms with Gasteiger partial charge in [-0.25, -0.2) is 13.6 Å². The number of anilines is 1. The molecule has 1 unspecified atom stereocenters. The van der Waals surface area contributed by atoms with Gasteiger partial charge in [0.25, 0.3) is 0 Å². The predicted octanol–water partition coefficient (Wildman–Crippen LogP) is 0.335. The third-order valence-electron chi connectivity index (χ3n) is 3.05. The zero-order chi connectivity index (χ0) is 16.0. The maximum absolute atomic E-state index is 12.0. The number of primary sulfonamides is 1. The molecule has 0 bridgehead atoms. The summed E-state index contributed by atoms with van der Waals surface area (Å²) < 4.78 is 27.7. The highest BCUT2D eigenvalue weighted by molar-refractivity contribution is 7.89. The summed E-state index contributed by atoms with van der Waals surface area (Å²) in [6, 6.07) is 3.82. The Labute approximate surface area is 124 Å². The van der Waals surface area contributed by atoms with Crippen LogP contribution in [0, 0.1) is 6.92 Å². The number of carbonyl (C=O) groups excluding carboxylic acids is 1. The van der Waals surface area contributed by atoms with E-state index in [1.54, 1.807) is 20.1 Å². The number of rotatable bonds is 7. The number of methoxy groups -OCH3 is 1. The van der Waals surface area contributed by atoms with Crippen molar-refractivity contribution < 1.29 is 17.9 Å². The molecular weight excluding hydrogens is 294 g/mol. The monoisotopic (exact) mass is 315 g/mol. The third-order valence-corrected chi connectivity index (χ3v) is 4.10. The Bertz CT molecular complexity index is 601. The minimum atomic E-state index is -3.83. The van der Waals surface area contributed by atoms with Gasteiger partial charge in [0.1, 0.15) is 0 Å². The van der Waals surface area contributed by atoms with Crippen molar-refractivity contribution in [2.75, 3.05) is 19.0 Å². The van der Waals surface area contributed by atoms with E-state index >= 15 is 0 Å². The number of sulfonamides is 1. The summed E-state index contributed by atoms with van der Waals surface area (Å²) in [6.45, 7) is 2.10. The van der Waals surface area contributed by atoms with Crippen molar-refractivity contribution in [3.63, 3.8) is 0 Å². The summed E-state index contributed by atoms with van der Waals surface area (Å²) in [5.41, 5.74) is 6.54. The van der Waals surface area contributed by atoms with Crippen molar-refractivity contribution in [2.24, 2.45) is 10.9 Å². The molecule has 0 fully saturated rings. The number of hydrogen-bond acceptors (Lipinski definition) is 5. The van der Waals surface area contributed by atoms with E-state index in [4.69, 9.17) is 15.6 Å². The summed E-state index contributed by atoms with van der Waals surface area (Å²) in [4.78, 5) is 11.9. The van der Waals surface area contributed by atoms with Gasteiger partial charge in [-0.3, -0.25) is 4.79 Å². The van der Waals surface area contributed by atoms with Crippen molar-refractivity contribution in [3.8, 4) is 0 Å². The predicted molar refractivity (Wildman–Crippen MR) is 80.3 cm³/mol. The number of ether oxygens (including phenoxy) is 1. The van der Waals surface area contributed by atoms with Gasteiger partial charge in [0.15, 0.2) is 0 Å². The van der Waals surface area contributed by atoms with Gasteiger partial charge in [0.2, 0.25) is 15.9 Å². The van der Waals surface area contributed by atoms with Crippen LogP contribution in [0.5, 0.6) is 0 Å². The van der Waals surface area contributed by atoms with Gasteiger partial charge in [-0.05, 0) is 37.5 Å². The number of amides is 1. The first-order chi connectivity index (χ1) is 9.77. The second kappa shape index (κ2) is 7.51. The molecule has 1 aromatic rings. The number of hydrogen-bond donors (Lipinski definition) is 3. The summed E-state index contributed by atoms with van der Waals surface area (Å²) in [7, 11) is -2.25. The highest BCUT2D eigenvalue weighted by atomic mass is 32.2. The number of benzene rings is 1. The first-order valence-corrected chi connectivity index (χ1v) is 7.99. The van der Waals surface area contributed by atoms with Gasteiger partial charge < -0.3 is 15.8 Å². The molecule has 0 aliphatic heterocycles. The smallest absolute Gasteiger partial charge is 0.241 e. The van der Waals surface area contributed by atoms with Crippen LogP contribution in [0.15, 0.2) is 23.1 Å². The Hall–Kier alpha value is -1.48. The Morgan fingerprint density at radius 2 is 2.10 bits per heavy atom. The van der Waals surface area contributed by atoms with E-state index < -0.39 is 16.1 Å². The van der Waals surface area contributed by atoms with Crippen LogP contribution < -0.4 is 16.2 Å². The molecule has 1 atom stereocenters. The van der Waals surface area contributed by atoms with E-state index in [9.17, 15) is 13.2 Å². The lowest BCUT2D eigenvalue weighted by atomic mass is 10.1. The molecule has 0 radical (unpaired) electrons. The molecule has 0 heterocycles. The van der Waals surface area contributed by atoms with Crippen molar-refractivity contribution in [1.29, 1.82) is 0 Å². The van der Waals surface area contributed by atoms with E-state index in [1.165, 1.54) is 12.1 Å². The van der Waals surface area contributed by atoms with Gasteiger partial charge in [0.05, 0.1) is 10.9 Å². The van der Waals surface area contributed by atoms with Crippen LogP contribution >= 0.6 is 0 Å². The summed E-state index contributed by atoms with van der Waals surface area (Å²) in [5.74, 6) is -0.374. The molecule has 8 heteroatoms. The fourth-order valence-corrected chi connectivity index (χ4v) is 2.67. The lowest BCUT2D eigenvalue weighted by Gasteiger charge is -2.15. The maximum Gasteiger partial charge on any atom is 0.241 e. The van der Waals surface area contributed by atoms with Crippen LogP contribution in [0.4, 0.5) is 5.69 Å². The molecule has 1 rings (SSSR count). The molecule has 0 aliphatic rings. The second-order valence-electron chi connectivity index (χ2n) is 4.70.